The van der Waals surface area contributed by atoms with E-state index in [0.717, 1.165) is 31.8 Å². The third kappa shape index (κ3) is 2.74. The van der Waals surface area contributed by atoms with Crippen molar-refractivity contribution < 1.29 is 4.74 Å². The molecule has 3 rings (SSSR count). The summed E-state index contributed by atoms with van der Waals surface area (Å²) in [5.41, 5.74) is 1.44. The van der Waals surface area contributed by atoms with E-state index in [1.54, 1.807) is 0 Å². The molecule has 2 nitrogen and oxygen atoms in total. The molecule has 0 fully saturated rings. The second-order valence-corrected chi connectivity index (χ2v) is 5.94. The fraction of sp³-hybridized carbons (Fsp3) is 0.444. The summed E-state index contributed by atoms with van der Waals surface area (Å²) >= 11 is 0. The first-order chi connectivity index (χ1) is 9.74. The number of aliphatic imine (C=N–C) groups is 1. The van der Waals surface area contributed by atoms with Crippen molar-refractivity contribution >= 4 is 16.7 Å². The molecule has 0 saturated heterocycles. The summed E-state index contributed by atoms with van der Waals surface area (Å²) in [5, 5.41) is 2.73. The van der Waals surface area contributed by atoms with E-state index >= 15 is 0 Å². The number of nitrogens with zero attached hydrogens (tertiary/aromatic N) is 1. The summed E-state index contributed by atoms with van der Waals surface area (Å²) in [5.74, 6) is 1.53. The lowest BCUT2D eigenvalue weighted by atomic mass is 10.1. The molecule has 0 saturated carbocycles. The number of fused-ring (bicyclic) bond motifs is 1. The van der Waals surface area contributed by atoms with Gasteiger partial charge in [-0.05, 0) is 12.3 Å². The first-order valence-electron chi connectivity index (χ1n) is 7.57. The molecule has 2 aromatic carbocycles. The lowest BCUT2D eigenvalue weighted by molar-refractivity contribution is 0.285. The van der Waals surface area contributed by atoms with Crippen LogP contribution in [0.4, 0.5) is 0 Å². The minimum Gasteiger partial charge on any atom is -0.479 e. The van der Waals surface area contributed by atoms with Crippen molar-refractivity contribution in [2.24, 2.45) is 10.9 Å². The standard InChI is InChI=1S/C18H22NO/c1-13(2)17-12-20-18(19-17)9-5-7-15-11-10-14-6-3-4-8-16(14)15/h3-4,6,8,10-11,13,17H,5,7,9,12H2,1-2H3/q-1/t17-/m1/s1. The van der Waals surface area contributed by atoms with E-state index in [1.165, 1.54) is 16.3 Å². The molecule has 1 aliphatic rings. The fourth-order valence-corrected chi connectivity index (χ4v) is 2.78. The van der Waals surface area contributed by atoms with Gasteiger partial charge in [0.05, 0.1) is 6.04 Å². The Hall–Kier alpha value is -1.70. The molecule has 20 heavy (non-hydrogen) atoms. The summed E-state index contributed by atoms with van der Waals surface area (Å²) in [4.78, 5) is 4.66. The number of hydrogen-bond donors (Lipinski definition) is 0. The molecule has 0 N–H and O–H groups in total. The third-order valence-electron chi connectivity index (χ3n) is 4.11. The summed E-state index contributed by atoms with van der Waals surface area (Å²) in [6, 6.07) is 13.4. The average molecular weight is 268 g/mol. The molecule has 0 spiro atoms. The molecular formula is C18H22NO-. The van der Waals surface area contributed by atoms with Crippen LogP contribution in [0.25, 0.3) is 10.8 Å². The largest absolute Gasteiger partial charge is 0.479 e. The zero-order valence-electron chi connectivity index (χ0n) is 12.3. The second-order valence-electron chi connectivity index (χ2n) is 5.94. The van der Waals surface area contributed by atoms with Gasteiger partial charge < -0.3 is 4.74 Å². The Balaban J connectivity index is 1.57. The maximum atomic E-state index is 5.68. The Morgan fingerprint density at radius 1 is 1.25 bits per heavy atom. The summed E-state index contributed by atoms with van der Waals surface area (Å²) in [6.45, 7) is 5.18. The Morgan fingerprint density at radius 2 is 2.15 bits per heavy atom. The van der Waals surface area contributed by atoms with Crippen LogP contribution in [0.15, 0.2) is 41.4 Å². The predicted octanol–water partition coefficient (Wildman–Crippen LogP) is 4.33. The van der Waals surface area contributed by atoms with Gasteiger partial charge in [0.1, 0.15) is 6.61 Å². The topological polar surface area (TPSA) is 21.6 Å². The van der Waals surface area contributed by atoms with E-state index < -0.39 is 0 Å². The van der Waals surface area contributed by atoms with Crippen LogP contribution in [-0.2, 0) is 11.2 Å². The van der Waals surface area contributed by atoms with Crippen molar-refractivity contribution in [1.29, 1.82) is 0 Å². The van der Waals surface area contributed by atoms with Crippen LogP contribution < -0.4 is 0 Å². The molecule has 1 aliphatic heterocycles. The highest BCUT2D eigenvalue weighted by Gasteiger charge is 2.20. The molecule has 0 radical (unpaired) electrons. The van der Waals surface area contributed by atoms with Gasteiger partial charge >= 0.3 is 0 Å². The van der Waals surface area contributed by atoms with Gasteiger partial charge in [-0.3, -0.25) is 0 Å². The van der Waals surface area contributed by atoms with Crippen molar-refractivity contribution in [2.75, 3.05) is 6.61 Å². The van der Waals surface area contributed by atoms with Crippen molar-refractivity contribution in [1.82, 2.24) is 0 Å². The Kier molecular flexibility index (Phi) is 3.81. The molecule has 0 amide bonds. The van der Waals surface area contributed by atoms with Crippen molar-refractivity contribution in [3.8, 4) is 0 Å². The predicted molar refractivity (Wildman–Crippen MR) is 84.5 cm³/mol. The third-order valence-corrected chi connectivity index (χ3v) is 4.11. The van der Waals surface area contributed by atoms with Crippen LogP contribution in [0.3, 0.4) is 0 Å². The van der Waals surface area contributed by atoms with Crippen molar-refractivity contribution in [3.63, 3.8) is 0 Å². The van der Waals surface area contributed by atoms with Crippen LogP contribution in [0, 0.1) is 5.92 Å². The van der Waals surface area contributed by atoms with Gasteiger partial charge in [-0.25, -0.2) is 4.99 Å². The van der Waals surface area contributed by atoms with Gasteiger partial charge in [-0.1, -0.05) is 25.7 Å². The maximum absolute atomic E-state index is 5.68. The zero-order chi connectivity index (χ0) is 13.9. The Labute approximate surface area is 120 Å². The fourth-order valence-electron chi connectivity index (χ4n) is 2.78. The number of benzene rings is 1. The van der Waals surface area contributed by atoms with E-state index in [0.29, 0.717) is 12.0 Å². The van der Waals surface area contributed by atoms with Crippen LogP contribution in [0.1, 0.15) is 32.3 Å². The zero-order valence-corrected chi connectivity index (χ0v) is 12.3. The molecule has 0 aromatic heterocycles. The van der Waals surface area contributed by atoms with Crippen LogP contribution in [-0.4, -0.2) is 18.5 Å². The molecule has 2 heteroatoms. The van der Waals surface area contributed by atoms with Gasteiger partial charge in [-0.15, -0.1) is 47.3 Å². The summed E-state index contributed by atoms with van der Waals surface area (Å²) < 4.78 is 5.68. The van der Waals surface area contributed by atoms with Gasteiger partial charge in [0, 0.05) is 6.42 Å². The van der Waals surface area contributed by atoms with Crippen LogP contribution in [0.2, 0.25) is 0 Å². The summed E-state index contributed by atoms with van der Waals surface area (Å²) in [6.07, 6.45) is 3.17. The maximum Gasteiger partial charge on any atom is 0.183 e. The summed E-state index contributed by atoms with van der Waals surface area (Å²) in [7, 11) is 0. The minimum absolute atomic E-state index is 0.366. The number of rotatable bonds is 5. The monoisotopic (exact) mass is 268 g/mol. The van der Waals surface area contributed by atoms with Crippen molar-refractivity contribution in [2.45, 2.75) is 39.2 Å². The normalized spacial score (nSPS) is 18.6. The SMILES string of the molecule is CC(C)[C@H]1COC(CCCc2cc[c-]3ccccc23)=N1. The van der Waals surface area contributed by atoms with Crippen LogP contribution >= 0.6 is 0 Å². The van der Waals surface area contributed by atoms with E-state index in [2.05, 4.69) is 55.2 Å². The van der Waals surface area contributed by atoms with E-state index in [1.807, 2.05) is 0 Å². The lowest BCUT2D eigenvalue weighted by Gasteiger charge is -2.06. The van der Waals surface area contributed by atoms with Gasteiger partial charge in [0.25, 0.3) is 0 Å². The van der Waals surface area contributed by atoms with E-state index in [9.17, 15) is 0 Å². The van der Waals surface area contributed by atoms with Crippen molar-refractivity contribution in [3.05, 3.63) is 42.0 Å². The molecule has 1 atom stereocenters. The number of hydrogen-bond acceptors (Lipinski definition) is 2. The first-order valence-corrected chi connectivity index (χ1v) is 7.57. The minimum atomic E-state index is 0.366. The van der Waals surface area contributed by atoms with E-state index in [4.69, 9.17) is 4.74 Å². The second kappa shape index (κ2) is 5.74. The number of ether oxygens (including phenoxy) is 1. The quantitative estimate of drug-likeness (QED) is 0.739. The molecule has 0 aliphatic carbocycles. The van der Waals surface area contributed by atoms with Gasteiger partial charge in [0.15, 0.2) is 5.90 Å². The van der Waals surface area contributed by atoms with Crippen LogP contribution in [0.5, 0.6) is 0 Å². The molecule has 106 valence electrons. The molecule has 1 heterocycles. The highest BCUT2D eigenvalue weighted by atomic mass is 16.5. The molecular weight excluding hydrogens is 246 g/mol. The number of aryl methyl sites for hydroxylation is 1. The molecule has 2 aromatic rings. The Morgan fingerprint density at radius 3 is 2.95 bits per heavy atom. The van der Waals surface area contributed by atoms with E-state index in [-0.39, 0.29) is 0 Å². The first kappa shape index (κ1) is 13.3. The lowest BCUT2D eigenvalue weighted by Crippen LogP contribution is -2.13. The average Bonchev–Trinajstić information content (AvgIpc) is 3.06. The smallest absolute Gasteiger partial charge is 0.183 e. The highest BCUT2D eigenvalue weighted by molar-refractivity contribution is 5.87. The highest BCUT2D eigenvalue weighted by Crippen LogP contribution is 2.23. The van der Waals surface area contributed by atoms with Gasteiger partial charge in [-0.2, -0.15) is 0 Å². The Bertz CT molecular complexity index is 609. The molecule has 0 unspecified atom stereocenters. The molecule has 0 bridgehead atoms. The van der Waals surface area contributed by atoms with Gasteiger partial charge in [0.2, 0.25) is 0 Å².